The van der Waals surface area contributed by atoms with E-state index in [1.165, 1.54) is 11.1 Å². The molecule has 0 saturated heterocycles. The van der Waals surface area contributed by atoms with E-state index in [1.54, 1.807) is 0 Å². The summed E-state index contributed by atoms with van der Waals surface area (Å²) in [5, 5.41) is 22.1. The van der Waals surface area contributed by atoms with Gasteiger partial charge in [-0.1, -0.05) is 39.8 Å². The maximum absolute atomic E-state index is 11.0. The molecule has 2 nitrogen and oxygen atoms in total. The molecule has 2 aromatic rings. The van der Waals surface area contributed by atoms with Crippen molar-refractivity contribution in [3.63, 3.8) is 0 Å². The Bertz CT molecular complexity index is 837. The van der Waals surface area contributed by atoms with Gasteiger partial charge in [-0.25, -0.2) is 0 Å². The number of halogens is 2. The number of fused-ring (bicyclic) bond motifs is 4. The number of benzene rings is 2. The highest BCUT2D eigenvalue weighted by Crippen LogP contribution is 2.66. The predicted molar refractivity (Wildman–Crippen MR) is 118 cm³/mol. The number of phenols is 2. The maximum atomic E-state index is 11.0. The summed E-state index contributed by atoms with van der Waals surface area (Å²) in [6, 6.07) is 8.35. The second-order valence-corrected chi connectivity index (χ2v) is 11.2. The van der Waals surface area contributed by atoms with E-state index in [-0.39, 0.29) is 16.2 Å². The monoisotopic (exact) mass is 560 g/mol. The normalized spacial score (nSPS) is 21.4. The highest BCUT2D eigenvalue weighted by atomic mass is 127. The summed E-state index contributed by atoms with van der Waals surface area (Å²) in [5.41, 5.74) is 4.10. The standard InChI is InChI=1S/C21H22I2O2/c1-19(2)9-21(15-11(19)5-7-13(22)17(15)24)10-20(3,4)12-6-8-14(23)18(25)16(12)21/h5-8,24-25H,9-10H2,1-4H3. The molecule has 4 heteroatoms. The molecule has 2 N–H and O–H groups in total. The first-order valence-electron chi connectivity index (χ1n) is 8.56. The Hall–Kier alpha value is -0.500. The quantitative estimate of drug-likeness (QED) is 0.391. The second kappa shape index (κ2) is 5.27. The average molecular weight is 560 g/mol. The van der Waals surface area contributed by atoms with Crippen molar-refractivity contribution in [3.8, 4) is 11.5 Å². The molecule has 2 aliphatic carbocycles. The molecule has 0 aliphatic heterocycles. The molecular formula is C21H22I2O2. The van der Waals surface area contributed by atoms with E-state index in [1.807, 2.05) is 12.1 Å². The average Bonchev–Trinajstić information content (AvgIpc) is 2.86. The Morgan fingerprint density at radius 1 is 0.720 bits per heavy atom. The molecule has 1 spiro atoms. The lowest BCUT2D eigenvalue weighted by atomic mass is 9.72. The van der Waals surface area contributed by atoms with Crippen LogP contribution in [0.5, 0.6) is 11.5 Å². The largest absolute Gasteiger partial charge is 0.507 e. The molecule has 2 aromatic carbocycles. The van der Waals surface area contributed by atoms with Gasteiger partial charge in [-0.05, 0) is 92.1 Å². The summed E-state index contributed by atoms with van der Waals surface area (Å²) in [4.78, 5) is 0. The molecule has 0 atom stereocenters. The minimum absolute atomic E-state index is 0.0391. The Kier molecular flexibility index (Phi) is 3.77. The van der Waals surface area contributed by atoms with E-state index in [9.17, 15) is 10.2 Å². The first kappa shape index (κ1) is 17.9. The van der Waals surface area contributed by atoms with Gasteiger partial charge in [-0.2, -0.15) is 0 Å². The van der Waals surface area contributed by atoms with Gasteiger partial charge in [0.2, 0.25) is 0 Å². The molecule has 0 fully saturated rings. The van der Waals surface area contributed by atoms with E-state index < -0.39 is 0 Å². The number of hydrogen-bond donors (Lipinski definition) is 2. The van der Waals surface area contributed by atoms with E-state index in [0.717, 1.165) is 31.1 Å². The number of aromatic hydroxyl groups is 2. The summed E-state index contributed by atoms with van der Waals surface area (Å²) in [6.45, 7) is 9.01. The molecule has 0 aromatic heterocycles. The van der Waals surface area contributed by atoms with Crippen molar-refractivity contribution in [1.29, 1.82) is 0 Å². The van der Waals surface area contributed by atoms with E-state index in [2.05, 4.69) is 85.0 Å². The highest BCUT2D eigenvalue weighted by Gasteiger charge is 2.58. The summed E-state index contributed by atoms with van der Waals surface area (Å²) in [7, 11) is 0. The maximum Gasteiger partial charge on any atom is 0.133 e. The Morgan fingerprint density at radius 2 is 1.08 bits per heavy atom. The third-order valence-corrected chi connectivity index (χ3v) is 7.90. The summed E-state index contributed by atoms with van der Waals surface area (Å²) in [6.07, 6.45) is 1.82. The van der Waals surface area contributed by atoms with Gasteiger partial charge in [0.25, 0.3) is 0 Å². The zero-order valence-electron chi connectivity index (χ0n) is 14.9. The minimum atomic E-state index is -0.325. The molecule has 132 valence electrons. The summed E-state index contributed by atoms with van der Waals surface area (Å²) >= 11 is 4.42. The van der Waals surface area contributed by atoms with Crippen LogP contribution >= 0.6 is 45.2 Å². The zero-order valence-corrected chi connectivity index (χ0v) is 19.2. The molecule has 0 amide bonds. The molecule has 2 aliphatic rings. The lowest BCUT2D eigenvalue weighted by Gasteiger charge is -2.31. The minimum Gasteiger partial charge on any atom is -0.507 e. The van der Waals surface area contributed by atoms with Crippen LogP contribution in [0, 0.1) is 7.14 Å². The molecule has 0 saturated carbocycles. The molecule has 4 rings (SSSR count). The third kappa shape index (κ3) is 2.25. The first-order valence-corrected chi connectivity index (χ1v) is 10.7. The number of phenolic OH excluding ortho intramolecular Hbond substituents is 2. The topological polar surface area (TPSA) is 40.5 Å². The van der Waals surface area contributed by atoms with Crippen molar-refractivity contribution in [1.82, 2.24) is 0 Å². The van der Waals surface area contributed by atoms with Crippen LogP contribution in [-0.2, 0) is 16.2 Å². The van der Waals surface area contributed by atoms with Crippen LogP contribution < -0.4 is 0 Å². The Labute approximate surface area is 176 Å². The van der Waals surface area contributed by atoms with E-state index in [4.69, 9.17) is 0 Å². The molecular weight excluding hydrogens is 538 g/mol. The number of rotatable bonds is 0. The van der Waals surface area contributed by atoms with Gasteiger partial charge >= 0.3 is 0 Å². The van der Waals surface area contributed by atoms with Crippen molar-refractivity contribution in [2.45, 2.75) is 56.8 Å². The van der Waals surface area contributed by atoms with Gasteiger partial charge in [0.1, 0.15) is 11.5 Å². The van der Waals surface area contributed by atoms with Crippen molar-refractivity contribution in [2.75, 3.05) is 0 Å². The highest BCUT2D eigenvalue weighted by molar-refractivity contribution is 14.1. The Morgan fingerprint density at radius 3 is 1.44 bits per heavy atom. The first-order chi connectivity index (χ1) is 11.5. The fourth-order valence-electron chi connectivity index (χ4n) is 5.47. The molecule has 0 radical (unpaired) electrons. The van der Waals surface area contributed by atoms with Gasteiger partial charge in [0.15, 0.2) is 0 Å². The lowest BCUT2D eigenvalue weighted by Crippen LogP contribution is -2.27. The van der Waals surface area contributed by atoms with Crippen LogP contribution in [-0.4, -0.2) is 10.2 Å². The molecule has 0 bridgehead atoms. The molecule has 0 heterocycles. The predicted octanol–water partition coefficient (Wildman–Crippen LogP) is 5.96. The van der Waals surface area contributed by atoms with Crippen molar-refractivity contribution in [2.24, 2.45) is 0 Å². The van der Waals surface area contributed by atoms with Crippen LogP contribution in [0.4, 0.5) is 0 Å². The van der Waals surface area contributed by atoms with E-state index in [0.29, 0.717) is 11.5 Å². The van der Waals surface area contributed by atoms with Gasteiger partial charge < -0.3 is 10.2 Å². The summed E-state index contributed by atoms with van der Waals surface area (Å²) in [5.74, 6) is 0.788. The Balaban J connectivity index is 2.14. The van der Waals surface area contributed by atoms with Crippen molar-refractivity contribution >= 4 is 45.2 Å². The van der Waals surface area contributed by atoms with E-state index >= 15 is 0 Å². The van der Waals surface area contributed by atoms with Crippen molar-refractivity contribution < 1.29 is 10.2 Å². The van der Waals surface area contributed by atoms with Crippen molar-refractivity contribution in [3.05, 3.63) is 53.7 Å². The van der Waals surface area contributed by atoms with Crippen LogP contribution in [0.1, 0.15) is 62.8 Å². The fourth-order valence-corrected chi connectivity index (χ4v) is 6.37. The molecule has 25 heavy (non-hydrogen) atoms. The molecule has 0 unspecified atom stereocenters. The van der Waals surface area contributed by atoms with Crippen LogP contribution in [0.25, 0.3) is 0 Å². The smallest absolute Gasteiger partial charge is 0.133 e. The second-order valence-electron chi connectivity index (χ2n) is 8.84. The van der Waals surface area contributed by atoms with Gasteiger partial charge in [0, 0.05) is 16.5 Å². The zero-order chi connectivity index (χ0) is 18.4. The third-order valence-electron chi connectivity index (χ3n) is 6.16. The van der Waals surface area contributed by atoms with Crippen LogP contribution in [0.3, 0.4) is 0 Å². The van der Waals surface area contributed by atoms with Gasteiger partial charge in [0.05, 0.1) is 7.14 Å². The number of hydrogen-bond acceptors (Lipinski definition) is 2. The van der Waals surface area contributed by atoms with Gasteiger partial charge in [-0.3, -0.25) is 0 Å². The van der Waals surface area contributed by atoms with Crippen LogP contribution in [0.15, 0.2) is 24.3 Å². The fraction of sp³-hybridized carbons (Fsp3) is 0.429. The lowest BCUT2D eigenvalue weighted by molar-refractivity contribution is 0.336. The van der Waals surface area contributed by atoms with Crippen LogP contribution in [0.2, 0.25) is 0 Å². The SMILES string of the molecule is CC1(C)CC2(CC(C)(C)c3ccc(I)c(O)c32)c2c1ccc(I)c2O. The van der Waals surface area contributed by atoms with Gasteiger partial charge in [-0.15, -0.1) is 0 Å². The summed E-state index contributed by atoms with van der Waals surface area (Å²) < 4.78 is 1.76.